The molecular formula is C15H17ClFNO. The fourth-order valence-electron chi connectivity index (χ4n) is 2.00. The summed E-state index contributed by atoms with van der Waals surface area (Å²) in [7, 11) is 0. The Bertz CT molecular complexity index is 553. The maximum atomic E-state index is 14.1. The Morgan fingerprint density at radius 1 is 1.32 bits per heavy atom. The van der Waals surface area contributed by atoms with Crippen molar-refractivity contribution in [3.05, 3.63) is 58.3 Å². The maximum absolute atomic E-state index is 14.1. The molecule has 2 nitrogen and oxygen atoms in total. The number of rotatable bonds is 5. The van der Waals surface area contributed by atoms with Crippen molar-refractivity contribution < 1.29 is 8.81 Å². The lowest BCUT2D eigenvalue weighted by atomic mass is 10.0. The van der Waals surface area contributed by atoms with Crippen LogP contribution in [0.4, 0.5) is 4.39 Å². The van der Waals surface area contributed by atoms with E-state index in [1.807, 2.05) is 19.1 Å². The molecular weight excluding hydrogens is 265 g/mol. The van der Waals surface area contributed by atoms with Gasteiger partial charge in [0.05, 0.1) is 6.04 Å². The van der Waals surface area contributed by atoms with Gasteiger partial charge in [0.15, 0.2) is 0 Å². The topological polar surface area (TPSA) is 25.2 Å². The van der Waals surface area contributed by atoms with Crippen molar-refractivity contribution in [1.82, 2.24) is 5.32 Å². The molecule has 4 heteroatoms. The molecule has 0 aliphatic heterocycles. The third kappa shape index (κ3) is 3.37. The van der Waals surface area contributed by atoms with Gasteiger partial charge in [-0.1, -0.05) is 24.6 Å². The van der Waals surface area contributed by atoms with E-state index in [4.69, 9.17) is 16.0 Å². The average molecular weight is 282 g/mol. The number of furan rings is 1. The highest BCUT2D eigenvalue weighted by atomic mass is 35.5. The van der Waals surface area contributed by atoms with Gasteiger partial charge in [0.1, 0.15) is 17.3 Å². The third-order valence-corrected chi connectivity index (χ3v) is 3.15. The summed E-state index contributed by atoms with van der Waals surface area (Å²) in [4.78, 5) is 0. The summed E-state index contributed by atoms with van der Waals surface area (Å²) < 4.78 is 19.7. The molecule has 1 atom stereocenters. The number of halogens is 2. The molecule has 0 aliphatic rings. The van der Waals surface area contributed by atoms with Gasteiger partial charge in [-0.05, 0) is 44.2 Å². The smallest absolute Gasteiger partial charge is 0.129 e. The molecule has 2 aromatic rings. The summed E-state index contributed by atoms with van der Waals surface area (Å²) in [5.41, 5.74) is 0.548. The molecule has 0 bridgehead atoms. The van der Waals surface area contributed by atoms with Gasteiger partial charge < -0.3 is 9.73 Å². The number of benzene rings is 1. The van der Waals surface area contributed by atoms with Gasteiger partial charge in [0.25, 0.3) is 0 Å². The molecule has 1 aromatic carbocycles. The Kier molecular flexibility index (Phi) is 4.61. The van der Waals surface area contributed by atoms with Gasteiger partial charge in [-0.15, -0.1) is 0 Å². The fraction of sp³-hybridized carbons (Fsp3) is 0.333. The summed E-state index contributed by atoms with van der Waals surface area (Å²) >= 11 is 5.79. The van der Waals surface area contributed by atoms with Crippen LogP contribution in [0.3, 0.4) is 0 Å². The molecule has 0 amide bonds. The van der Waals surface area contributed by atoms with Crippen molar-refractivity contribution in [2.24, 2.45) is 0 Å². The number of aryl methyl sites for hydroxylation is 1. The van der Waals surface area contributed by atoms with E-state index in [2.05, 4.69) is 12.2 Å². The molecule has 0 spiro atoms. The molecule has 0 aliphatic carbocycles. The first kappa shape index (κ1) is 14.1. The Balaban J connectivity index is 2.36. The molecule has 0 fully saturated rings. The van der Waals surface area contributed by atoms with E-state index in [-0.39, 0.29) is 11.9 Å². The summed E-state index contributed by atoms with van der Waals surface area (Å²) in [6, 6.07) is 8.18. The standard InChI is InChI=1S/C15H17ClFNO/c1-3-8-18-15(14-7-4-10(2)19-14)12-6-5-11(16)9-13(12)17/h4-7,9,15,18H,3,8H2,1-2H3. The highest BCUT2D eigenvalue weighted by molar-refractivity contribution is 6.30. The minimum atomic E-state index is -0.324. The minimum absolute atomic E-state index is 0.286. The van der Waals surface area contributed by atoms with Gasteiger partial charge in [0.2, 0.25) is 0 Å². The molecule has 1 unspecified atom stereocenters. The zero-order valence-corrected chi connectivity index (χ0v) is 11.8. The number of hydrogen-bond donors (Lipinski definition) is 1. The Labute approximate surface area is 117 Å². The van der Waals surface area contributed by atoms with E-state index in [1.165, 1.54) is 6.07 Å². The quantitative estimate of drug-likeness (QED) is 0.875. The lowest BCUT2D eigenvalue weighted by molar-refractivity contribution is 0.422. The largest absolute Gasteiger partial charge is 0.464 e. The first-order chi connectivity index (χ1) is 9.11. The van der Waals surface area contributed by atoms with Gasteiger partial charge in [-0.25, -0.2) is 4.39 Å². The third-order valence-electron chi connectivity index (χ3n) is 2.92. The van der Waals surface area contributed by atoms with Gasteiger partial charge in [-0.3, -0.25) is 0 Å². The highest BCUT2D eigenvalue weighted by Gasteiger charge is 2.20. The molecule has 1 N–H and O–H groups in total. The molecule has 2 rings (SSSR count). The predicted molar refractivity (Wildman–Crippen MR) is 75.0 cm³/mol. The van der Waals surface area contributed by atoms with Crippen molar-refractivity contribution in [2.75, 3.05) is 6.54 Å². The number of nitrogens with one attached hydrogen (secondary N) is 1. The van der Waals surface area contributed by atoms with Crippen molar-refractivity contribution >= 4 is 11.6 Å². The first-order valence-corrected chi connectivity index (χ1v) is 6.74. The second-order valence-electron chi connectivity index (χ2n) is 4.50. The van der Waals surface area contributed by atoms with Crippen LogP contribution < -0.4 is 5.32 Å². The SMILES string of the molecule is CCCNC(c1ccc(C)o1)c1ccc(Cl)cc1F. The molecule has 1 heterocycles. The molecule has 0 saturated heterocycles. The minimum Gasteiger partial charge on any atom is -0.464 e. The molecule has 0 saturated carbocycles. The van der Waals surface area contributed by atoms with Gasteiger partial charge >= 0.3 is 0 Å². The van der Waals surface area contributed by atoms with Crippen LogP contribution in [0.25, 0.3) is 0 Å². The second kappa shape index (κ2) is 6.22. The van der Waals surface area contributed by atoms with E-state index in [1.54, 1.807) is 12.1 Å². The fourth-order valence-corrected chi connectivity index (χ4v) is 2.16. The van der Waals surface area contributed by atoms with Gasteiger partial charge in [-0.2, -0.15) is 0 Å². The van der Waals surface area contributed by atoms with Crippen molar-refractivity contribution in [1.29, 1.82) is 0 Å². The molecule has 102 valence electrons. The van der Waals surface area contributed by atoms with Crippen LogP contribution in [0.5, 0.6) is 0 Å². The zero-order valence-electron chi connectivity index (χ0n) is 11.0. The summed E-state index contributed by atoms with van der Waals surface area (Å²) in [5.74, 6) is 1.20. The van der Waals surface area contributed by atoms with Crippen LogP contribution in [-0.4, -0.2) is 6.54 Å². The van der Waals surface area contributed by atoms with Crippen molar-refractivity contribution in [2.45, 2.75) is 26.3 Å². The van der Waals surface area contributed by atoms with Crippen molar-refractivity contribution in [3.63, 3.8) is 0 Å². The highest BCUT2D eigenvalue weighted by Crippen LogP contribution is 2.27. The van der Waals surface area contributed by atoms with Crippen molar-refractivity contribution in [3.8, 4) is 0 Å². The summed E-state index contributed by atoms with van der Waals surface area (Å²) in [5, 5.41) is 3.69. The lowest BCUT2D eigenvalue weighted by Crippen LogP contribution is -2.23. The van der Waals surface area contributed by atoms with Crippen LogP contribution in [-0.2, 0) is 0 Å². The van der Waals surface area contributed by atoms with E-state index in [0.29, 0.717) is 16.3 Å². The molecule has 19 heavy (non-hydrogen) atoms. The monoisotopic (exact) mass is 281 g/mol. The average Bonchev–Trinajstić information content (AvgIpc) is 2.78. The molecule has 1 aromatic heterocycles. The second-order valence-corrected chi connectivity index (χ2v) is 4.94. The van der Waals surface area contributed by atoms with Crippen LogP contribution in [0.1, 0.15) is 36.5 Å². The van der Waals surface area contributed by atoms with Crippen LogP contribution in [0, 0.1) is 12.7 Å². The first-order valence-electron chi connectivity index (χ1n) is 6.36. The summed E-state index contributed by atoms with van der Waals surface area (Å²) in [6.45, 7) is 4.72. The van der Waals surface area contributed by atoms with Crippen LogP contribution in [0.15, 0.2) is 34.7 Å². The van der Waals surface area contributed by atoms with E-state index >= 15 is 0 Å². The van der Waals surface area contributed by atoms with Crippen LogP contribution in [0.2, 0.25) is 5.02 Å². The maximum Gasteiger partial charge on any atom is 0.129 e. The van der Waals surface area contributed by atoms with Gasteiger partial charge in [0, 0.05) is 10.6 Å². The Morgan fingerprint density at radius 2 is 2.11 bits per heavy atom. The van der Waals surface area contributed by atoms with E-state index in [9.17, 15) is 4.39 Å². The van der Waals surface area contributed by atoms with E-state index in [0.717, 1.165) is 18.7 Å². The summed E-state index contributed by atoms with van der Waals surface area (Å²) in [6.07, 6.45) is 0.964. The zero-order chi connectivity index (χ0) is 13.8. The predicted octanol–water partition coefficient (Wildman–Crippen LogP) is 4.47. The lowest BCUT2D eigenvalue weighted by Gasteiger charge is -2.17. The Hall–Kier alpha value is -1.32. The Morgan fingerprint density at radius 3 is 2.68 bits per heavy atom. The molecule has 0 radical (unpaired) electrons. The normalized spacial score (nSPS) is 12.6. The van der Waals surface area contributed by atoms with E-state index < -0.39 is 0 Å². The number of hydrogen-bond acceptors (Lipinski definition) is 2. The van der Waals surface area contributed by atoms with Crippen LogP contribution >= 0.6 is 11.6 Å².